The average Bonchev–Trinajstić information content (AvgIpc) is 3.19. The molecule has 0 atom stereocenters. The molecule has 0 saturated heterocycles. The summed E-state index contributed by atoms with van der Waals surface area (Å²) in [6, 6.07) is 18.3. The van der Waals surface area contributed by atoms with Gasteiger partial charge in [-0.1, -0.05) is 60.2 Å². The second-order valence-electron chi connectivity index (χ2n) is 6.57. The highest BCUT2D eigenvalue weighted by Gasteiger charge is 2.06. The molecule has 6 nitrogen and oxygen atoms in total. The minimum absolute atomic E-state index is 0.0688. The third-order valence-electron chi connectivity index (χ3n) is 4.20. The molecule has 0 unspecified atom stereocenters. The van der Waals surface area contributed by atoms with Crippen molar-refractivity contribution in [2.24, 2.45) is 0 Å². The number of benzene rings is 2. The standard InChI is InChI=1S/C21H25N5OS/c1-17-9-11-18(12-10-17)16-28-15-13-22-20(27)8-5-14-26-24-21(23-25-26)19-6-3-2-4-7-19/h2-4,6-7,9-12H,5,8,13-16H2,1H3,(H,22,27). The lowest BCUT2D eigenvalue weighted by Gasteiger charge is -2.05. The fourth-order valence-electron chi connectivity index (χ4n) is 2.65. The monoisotopic (exact) mass is 395 g/mol. The Bertz CT molecular complexity index is 864. The summed E-state index contributed by atoms with van der Waals surface area (Å²) >= 11 is 1.83. The van der Waals surface area contributed by atoms with Gasteiger partial charge in [-0.25, -0.2) is 0 Å². The number of aryl methyl sites for hydroxylation is 2. The number of hydrogen-bond donors (Lipinski definition) is 1. The third-order valence-corrected chi connectivity index (χ3v) is 5.23. The van der Waals surface area contributed by atoms with E-state index in [-0.39, 0.29) is 5.91 Å². The molecular formula is C21H25N5OS. The smallest absolute Gasteiger partial charge is 0.220 e. The zero-order valence-corrected chi connectivity index (χ0v) is 16.9. The Balaban J connectivity index is 1.27. The number of thioether (sulfide) groups is 1. The number of rotatable bonds is 10. The first-order chi connectivity index (χ1) is 13.7. The van der Waals surface area contributed by atoms with Crippen LogP contribution in [0.4, 0.5) is 0 Å². The van der Waals surface area contributed by atoms with Gasteiger partial charge in [0.05, 0.1) is 6.54 Å². The lowest BCUT2D eigenvalue weighted by atomic mass is 10.2. The summed E-state index contributed by atoms with van der Waals surface area (Å²) in [6.07, 6.45) is 1.15. The molecule has 28 heavy (non-hydrogen) atoms. The van der Waals surface area contributed by atoms with E-state index in [9.17, 15) is 4.79 Å². The molecular weight excluding hydrogens is 370 g/mol. The molecule has 7 heteroatoms. The van der Waals surface area contributed by atoms with Gasteiger partial charge in [-0.05, 0) is 24.1 Å². The molecule has 1 aromatic heterocycles. The Morgan fingerprint density at radius 2 is 1.89 bits per heavy atom. The summed E-state index contributed by atoms with van der Waals surface area (Å²) in [5.41, 5.74) is 3.53. The van der Waals surface area contributed by atoms with Gasteiger partial charge in [0.15, 0.2) is 0 Å². The van der Waals surface area contributed by atoms with Crippen LogP contribution in [-0.2, 0) is 17.1 Å². The maximum Gasteiger partial charge on any atom is 0.220 e. The van der Waals surface area contributed by atoms with Crippen LogP contribution in [0, 0.1) is 6.92 Å². The molecule has 0 radical (unpaired) electrons. The number of nitrogens with one attached hydrogen (secondary N) is 1. The van der Waals surface area contributed by atoms with Gasteiger partial charge < -0.3 is 5.32 Å². The van der Waals surface area contributed by atoms with Crippen molar-refractivity contribution in [3.05, 3.63) is 65.7 Å². The van der Waals surface area contributed by atoms with Crippen LogP contribution < -0.4 is 5.32 Å². The molecule has 0 aliphatic carbocycles. The second kappa shape index (κ2) is 10.6. The summed E-state index contributed by atoms with van der Waals surface area (Å²) < 4.78 is 0. The van der Waals surface area contributed by atoms with Gasteiger partial charge in [-0.3, -0.25) is 4.79 Å². The molecule has 0 bridgehead atoms. The normalized spacial score (nSPS) is 10.8. The first-order valence-electron chi connectivity index (χ1n) is 9.44. The van der Waals surface area contributed by atoms with Gasteiger partial charge in [-0.2, -0.15) is 16.6 Å². The molecule has 0 fully saturated rings. The van der Waals surface area contributed by atoms with Gasteiger partial charge in [0.25, 0.3) is 0 Å². The van der Waals surface area contributed by atoms with Crippen molar-refractivity contribution in [1.29, 1.82) is 0 Å². The van der Waals surface area contributed by atoms with E-state index in [2.05, 4.69) is 51.9 Å². The number of amides is 1. The summed E-state index contributed by atoms with van der Waals surface area (Å²) in [5.74, 6) is 2.55. The van der Waals surface area contributed by atoms with E-state index in [4.69, 9.17) is 0 Å². The summed E-state index contributed by atoms with van der Waals surface area (Å²) in [5, 5.41) is 15.4. The Hall–Kier alpha value is -2.67. The molecule has 3 rings (SSSR count). The Morgan fingerprint density at radius 3 is 2.68 bits per heavy atom. The Kier molecular flexibility index (Phi) is 7.61. The van der Waals surface area contributed by atoms with E-state index in [1.807, 2.05) is 42.1 Å². The van der Waals surface area contributed by atoms with Gasteiger partial charge >= 0.3 is 0 Å². The highest BCUT2D eigenvalue weighted by atomic mass is 32.2. The van der Waals surface area contributed by atoms with Crippen molar-refractivity contribution in [3.63, 3.8) is 0 Å². The van der Waals surface area contributed by atoms with Crippen molar-refractivity contribution in [1.82, 2.24) is 25.5 Å². The molecule has 0 aliphatic heterocycles. The molecule has 1 N–H and O–H groups in total. The first kappa shape index (κ1) is 20.1. The van der Waals surface area contributed by atoms with E-state index in [0.29, 0.717) is 31.8 Å². The van der Waals surface area contributed by atoms with Crippen LogP contribution in [0.25, 0.3) is 11.4 Å². The van der Waals surface area contributed by atoms with Gasteiger partial charge in [0.2, 0.25) is 11.7 Å². The number of nitrogens with zero attached hydrogens (tertiary/aromatic N) is 4. The van der Waals surface area contributed by atoms with E-state index < -0.39 is 0 Å². The van der Waals surface area contributed by atoms with E-state index >= 15 is 0 Å². The highest BCUT2D eigenvalue weighted by Crippen LogP contribution is 2.13. The number of tetrazole rings is 1. The molecule has 0 spiro atoms. The van der Waals surface area contributed by atoms with Crippen LogP contribution in [0.3, 0.4) is 0 Å². The van der Waals surface area contributed by atoms with Crippen molar-refractivity contribution < 1.29 is 4.79 Å². The molecule has 146 valence electrons. The third kappa shape index (κ3) is 6.49. The average molecular weight is 396 g/mol. The number of hydrogen-bond acceptors (Lipinski definition) is 5. The Morgan fingerprint density at radius 1 is 1.11 bits per heavy atom. The predicted molar refractivity (Wildman–Crippen MR) is 113 cm³/mol. The van der Waals surface area contributed by atoms with E-state index in [0.717, 1.165) is 17.1 Å². The van der Waals surface area contributed by atoms with Crippen LogP contribution in [0.1, 0.15) is 24.0 Å². The van der Waals surface area contributed by atoms with Crippen molar-refractivity contribution in [2.45, 2.75) is 32.1 Å². The van der Waals surface area contributed by atoms with E-state index in [1.165, 1.54) is 11.1 Å². The number of carbonyl (C=O) groups excluding carboxylic acids is 1. The molecule has 1 heterocycles. The van der Waals surface area contributed by atoms with Gasteiger partial charge in [-0.15, -0.1) is 10.2 Å². The summed E-state index contributed by atoms with van der Waals surface area (Å²) in [4.78, 5) is 13.5. The lowest BCUT2D eigenvalue weighted by Crippen LogP contribution is -2.25. The van der Waals surface area contributed by atoms with Crippen LogP contribution in [0.5, 0.6) is 0 Å². The van der Waals surface area contributed by atoms with Crippen LogP contribution in [0.15, 0.2) is 54.6 Å². The quantitative estimate of drug-likeness (QED) is 0.532. The van der Waals surface area contributed by atoms with Gasteiger partial charge in [0.1, 0.15) is 0 Å². The van der Waals surface area contributed by atoms with Crippen molar-refractivity contribution >= 4 is 17.7 Å². The highest BCUT2D eigenvalue weighted by molar-refractivity contribution is 7.98. The minimum atomic E-state index is 0.0688. The predicted octanol–water partition coefficient (Wildman–Crippen LogP) is 3.48. The largest absolute Gasteiger partial charge is 0.355 e. The van der Waals surface area contributed by atoms with Crippen molar-refractivity contribution in [2.75, 3.05) is 12.3 Å². The first-order valence-corrected chi connectivity index (χ1v) is 10.6. The van der Waals surface area contributed by atoms with Crippen molar-refractivity contribution in [3.8, 4) is 11.4 Å². The molecule has 0 aliphatic rings. The van der Waals surface area contributed by atoms with Crippen LogP contribution in [-0.4, -0.2) is 38.4 Å². The minimum Gasteiger partial charge on any atom is -0.355 e. The Labute approximate surface area is 169 Å². The van der Waals surface area contributed by atoms with E-state index in [1.54, 1.807) is 4.80 Å². The van der Waals surface area contributed by atoms with Crippen LogP contribution >= 0.6 is 11.8 Å². The maximum absolute atomic E-state index is 11.9. The van der Waals surface area contributed by atoms with Crippen LogP contribution in [0.2, 0.25) is 0 Å². The zero-order valence-electron chi connectivity index (χ0n) is 16.0. The molecule has 1 amide bonds. The molecule has 3 aromatic rings. The maximum atomic E-state index is 11.9. The van der Waals surface area contributed by atoms with Gasteiger partial charge in [0, 0.05) is 30.0 Å². The molecule has 0 saturated carbocycles. The fourth-order valence-corrected chi connectivity index (χ4v) is 3.47. The topological polar surface area (TPSA) is 72.7 Å². The summed E-state index contributed by atoms with van der Waals surface area (Å²) in [7, 11) is 0. The zero-order chi connectivity index (χ0) is 19.6. The summed E-state index contributed by atoms with van der Waals surface area (Å²) in [6.45, 7) is 3.36. The number of aromatic nitrogens is 4. The SMILES string of the molecule is Cc1ccc(CSCCNC(=O)CCCn2nnc(-c3ccccc3)n2)cc1. The fraction of sp³-hybridized carbons (Fsp3) is 0.333. The number of carbonyl (C=O) groups is 1. The lowest BCUT2D eigenvalue weighted by molar-refractivity contribution is -0.121. The second-order valence-corrected chi connectivity index (χ2v) is 7.67. The molecule has 2 aromatic carbocycles.